The van der Waals surface area contributed by atoms with E-state index in [-0.39, 0.29) is 6.71 Å². The number of aldehydes is 1. The highest BCUT2D eigenvalue weighted by Gasteiger charge is 2.30. The van der Waals surface area contributed by atoms with Crippen molar-refractivity contribution in [1.82, 2.24) is 4.98 Å². The predicted molar refractivity (Wildman–Crippen MR) is 141 cm³/mol. The fraction of sp³-hybridized carbons (Fsp3) is 0.200. The zero-order valence-electron chi connectivity index (χ0n) is 20.4. The van der Waals surface area contributed by atoms with Gasteiger partial charge < -0.3 is 0 Å². The molecule has 0 unspecified atom stereocenters. The number of rotatable bonds is 5. The first-order valence-electron chi connectivity index (χ1n) is 11.5. The Morgan fingerprint density at radius 2 is 1.21 bits per heavy atom. The fourth-order valence-electron chi connectivity index (χ4n) is 5.36. The van der Waals surface area contributed by atoms with Crippen LogP contribution in [0.1, 0.15) is 43.7 Å². The second-order valence-corrected chi connectivity index (χ2v) is 9.24. The molecule has 3 aromatic carbocycles. The molecule has 0 aliphatic heterocycles. The Bertz CT molecular complexity index is 1230. The lowest BCUT2D eigenvalue weighted by molar-refractivity contribution is 0.112. The average Bonchev–Trinajstić information content (AvgIpc) is 2.77. The van der Waals surface area contributed by atoms with Crippen molar-refractivity contribution >= 4 is 29.4 Å². The molecule has 0 bridgehead atoms. The van der Waals surface area contributed by atoms with Gasteiger partial charge in [-0.1, -0.05) is 98.3 Å². The third kappa shape index (κ3) is 4.41. The number of benzene rings is 3. The van der Waals surface area contributed by atoms with Crippen LogP contribution in [-0.2, 0) is 0 Å². The monoisotopic (exact) mass is 431 g/mol. The molecular weight excluding hydrogens is 401 g/mol. The third-order valence-corrected chi connectivity index (χ3v) is 6.52. The smallest absolute Gasteiger partial charge is 0.243 e. The van der Waals surface area contributed by atoms with Crippen molar-refractivity contribution < 1.29 is 4.79 Å². The molecule has 0 N–H and O–H groups in total. The molecule has 0 aliphatic carbocycles. The molecule has 0 atom stereocenters. The molecule has 0 radical (unpaired) electrons. The first-order chi connectivity index (χ1) is 15.8. The van der Waals surface area contributed by atoms with Crippen LogP contribution in [0.4, 0.5) is 0 Å². The summed E-state index contributed by atoms with van der Waals surface area (Å²) in [5.74, 6) is 0. The molecule has 33 heavy (non-hydrogen) atoms. The predicted octanol–water partition coefficient (Wildman–Crippen LogP) is 4.93. The Morgan fingerprint density at radius 3 is 1.67 bits per heavy atom. The maximum atomic E-state index is 11.2. The van der Waals surface area contributed by atoms with Gasteiger partial charge in [0.1, 0.15) is 0 Å². The van der Waals surface area contributed by atoms with Crippen LogP contribution in [0.15, 0.2) is 66.9 Å². The Hall–Kier alpha value is -3.46. The molecule has 0 aliphatic rings. The third-order valence-electron chi connectivity index (χ3n) is 6.52. The van der Waals surface area contributed by atoms with Gasteiger partial charge in [0, 0.05) is 11.8 Å². The van der Waals surface area contributed by atoms with Crippen molar-refractivity contribution in [3.05, 3.63) is 106 Å². The number of carbonyl (C=O) groups excluding carboxylic acids is 1. The van der Waals surface area contributed by atoms with E-state index in [1.165, 1.54) is 49.8 Å². The largest absolute Gasteiger partial charge is 0.298 e. The summed E-state index contributed by atoms with van der Waals surface area (Å²) in [5, 5.41) is 0. The number of hydrogen-bond acceptors (Lipinski definition) is 2. The van der Waals surface area contributed by atoms with Crippen molar-refractivity contribution in [1.29, 1.82) is 0 Å². The summed E-state index contributed by atoms with van der Waals surface area (Å²) in [4.78, 5) is 15.8. The van der Waals surface area contributed by atoms with Gasteiger partial charge in [0.25, 0.3) is 0 Å². The normalized spacial score (nSPS) is 10.8. The zero-order chi connectivity index (χ0) is 23.7. The van der Waals surface area contributed by atoms with Gasteiger partial charge in [-0.3, -0.25) is 9.78 Å². The topological polar surface area (TPSA) is 30.0 Å². The van der Waals surface area contributed by atoms with Crippen molar-refractivity contribution in [2.24, 2.45) is 0 Å². The molecule has 0 amide bonds. The van der Waals surface area contributed by atoms with Crippen LogP contribution in [0, 0.1) is 41.5 Å². The van der Waals surface area contributed by atoms with Gasteiger partial charge in [0.05, 0.1) is 5.69 Å². The Kier molecular flexibility index (Phi) is 6.33. The molecule has 2 nitrogen and oxygen atoms in total. The highest BCUT2D eigenvalue weighted by atomic mass is 16.1. The van der Waals surface area contributed by atoms with Crippen LogP contribution < -0.4 is 16.4 Å². The van der Waals surface area contributed by atoms with Gasteiger partial charge in [-0.25, -0.2) is 0 Å². The Morgan fingerprint density at radius 1 is 0.697 bits per heavy atom. The molecule has 0 saturated heterocycles. The van der Waals surface area contributed by atoms with E-state index in [1.807, 2.05) is 12.1 Å². The fourth-order valence-corrected chi connectivity index (χ4v) is 5.36. The number of aromatic nitrogens is 1. The SMILES string of the molecule is Cc1cc(C)c(B(c2ccccc2-c2ccc(C=O)cn2)c2c(C)cc(C)cc2C)c(C)c1. The minimum Gasteiger partial charge on any atom is -0.298 e. The van der Waals surface area contributed by atoms with Crippen molar-refractivity contribution in [3.8, 4) is 11.3 Å². The molecule has 4 rings (SSSR count). The first-order valence-corrected chi connectivity index (χ1v) is 11.5. The summed E-state index contributed by atoms with van der Waals surface area (Å²) in [6.45, 7) is 13.3. The summed E-state index contributed by atoms with van der Waals surface area (Å²) < 4.78 is 0. The molecule has 3 heteroatoms. The lowest BCUT2D eigenvalue weighted by Gasteiger charge is -2.26. The number of aryl methyl sites for hydroxylation is 6. The van der Waals surface area contributed by atoms with Crippen molar-refractivity contribution in [2.45, 2.75) is 41.5 Å². The first kappa shape index (κ1) is 22.7. The second kappa shape index (κ2) is 9.19. The lowest BCUT2D eigenvalue weighted by Crippen LogP contribution is -2.56. The van der Waals surface area contributed by atoms with E-state index in [4.69, 9.17) is 0 Å². The Labute approximate surface area is 197 Å². The number of hydrogen-bond donors (Lipinski definition) is 0. The Balaban J connectivity index is 2.05. The molecule has 0 saturated carbocycles. The van der Waals surface area contributed by atoms with Crippen LogP contribution >= 0.6 is 0 Å². The maximum absolute atomic E-state index is 11.2. The number of nitrogens with zero attached hydrogens (tertiary/aromatic N) is 1. The van der Waals surface area contributed by atoms with E-state index in [1.54, 1.807) is 6.20 Å². The minimum atomic E-state index is 0.0787. The number of pyridine rings is 1. The van der Waals surface area contributed by atoms with Crippen LogP contribution in [-0.4, -0.2) is 18.0 Å². The zero-order valence-corrected chi connectivity index (χ0v) is 20.4. The molecule has 164 valence electrons. The van der Waals surface area contributed by atoms with Crippen molar-refractivity contribution in [3.63, 3.8) is 0 Å². The summed E-state index contributed by atoms with van der Waals surface area (Å²) >= 11 is 0. The van der Waals surface area contributed by atoms with Crippen LogP contribution in [0.3, 0.4) is 0 Å². The van der Waals surface area contributed by atoms with Gasteiger partial charge in [-0.05, 0) is 59.2 Å². The molecule has 1 aromatic heterocycles. The second-order valence-electron chi connectivity index (χ2n) is 9.24. The molecule has 4 aromatic rings. The van der Waals surface area contributed by atoms with E-state index in [0.29, 0.717) is 5.56 Å². The summed E-state index contributed by atoms with van der Waals surface area (Å²) in [6.07, 6.45) is 2.49. The number of carbonyl (C=O) groups is 1. The molecule has 1 heterocycles. The van der Waals surface area contributed by atoms with E-state index >= 15 is 0 Å². The summed E-state index contributed by atoms with van der Waals surface area (Å²) in [5.41, 5.74) is 14.3. The van der Waals surface area contributed by atoms with E-state index in [9.17, 15) is 4.79 Å². The van der Waals surface area contributed by atoms with Gasteiger partial charge in [-0.15, -0.1) is 0 Å². The van der Waals surface area contributed by atoms with Gasteiger partial charge in [-0.2, -0.15) is 0 Å². The van der Waals surface area contributed by atoms with Crippen LogP contribution in [0.25, 0.3) is 11.3 Å². The highest BCUT2D eigenvalue weighted by Crippen LogP contribution is 2.19. The highest BCUT2D eigenvalue weighted by molar-refractivity contribution is 6.97. The van der Waals surface area contributed by atoms with E-state index < -0.39 is 0 Å². The van der Waals surface area contributed by atoms with Gasteiger partial charge in [0.2, 0.25) is 6.71 Å². The van der Waals surface area contributed by atoms with E-state index in [0.717, 1.165) is 17.5 Å². The minimum absolute atomic E-state index is 0.0787. The standard InChI is InChI=1S/C30H30BNO/c1-19-13-21(3)29(22(4)14-19)31(30-23(5)15-20(2)16-24(30)6)27-10-8-7-9-26(27)28-12-11-25(18-33)17-32-28/h7-18H,1-6H3. The van der Waals surface area contributed by atoms with Gasteiger partial charge >= 0.3 is 0 Å². The molecule has 0 fully saturated rings. The van der Waals surface area contributed by atoms with Gasteiger partial charge in [0.15, 0.2) is 6.29 Å². The van der Waals surface area contributed by atoms with Crippen LogP contribution in [0.2, 0.25) is 0 Å². The van der Waals surface area contributed by atoms with E-state index in [2.05, 4.69) is 95.1 Å². The average molecular weight is 431 g/mol. The lowest BCUT2D eigenvalue weighted by atomic mass is 9.33. The summed E-state index contributed by atoms with van der Waals surface area (Å²) in [6, 6.07) is 21.5. The quantitative estimate of drug-likeness (QED) is 0.331. The van der Waals surface area contributed by atoms with Crippen LogP contribution in [0.5, 0.6) is 0 Å². The maximum Gasteiger partial charge on any atom is 0.243 e. The molecular formula is C30H30BNO. The molecule has 0 spiro atoms. The summed E-state index contributed by atoms with van der Waals surface area (Å²) in [7, 11) is 0. The van der Waals surface area contributed by atoms with Crippen molar-refractivity contribution in [2.75, 3.05) is 0 Å².